The van der Waals surface area contributed by atoms with Crippen molar-refractivity contribution in [2.75, 3.05) is 45.9 Å². The summed E-state index contributed by atoms with van der Waals surface area (Å²) in [5, 5.41) is 3.09. The molecule has 0 amide bonds. The number of morpholine rings is 1. The van der Waals surface area contributed by atoms with E-state index in [4.69, 9.17) is 10.5 Å². The smallest absolute Gasteiger partial charge is 0.188 e. The quantitative estimate of drug-likeness (QED) is 0.445. The van der Waals surface area contributed by atoms with E-state index >= 15 is 0 Å². The lowest BCUT2D eigenvalue weighted by molar-refractivity contribution is 0.0376. The summed E-state index contributed by atoms with van der Waals surface area (Å²) in [6.45, 7) is 5.58. The van der Waals surface area contributed by atoms with Crippen molar-refractivity contribution in [2.45, 2.75) is 24.7 Å². The fourth-order valence-electron chi connectivity index (χ4n) is 3.28. The van der Waals surface area contributed by atoms with Crippen molar-refractivity contribution in [3.63, 3.8) is 0 Å². The zero-order valence-electron chi connectivity index (χ0n) is 14.4. The summed E-state index contributed by atoms with van der Waals surface area (Å²) >= 11 is 0. The Bertz CT molecular complexity index is 593. The highest BCUT2D eigenvalue weighted by atomic mass is 19.1. The molecule has 0 bridgehead atoms. The molecule has 1 aromatic carbocycles. The highest BCUT2D eigenvalue weighted by molar-refractivity contribution is 5.77. The highest BCUT2D eigenvalue weighted by Crippen LogP contribution is 2.50. The number of guanidine groups is 1. The number of benzene rings is 1. The molecule has 1 heterocycles. The Morgan fingerprint density at radius 3 is 2.56 bits per heavy atom. The Labute approximate surface area is 147 Å². The van der Waals surface area contributed by atoms with Crippen LogP contribution in [0.2, 0.25) is 0 Å². The van der Waals surface area contributed by atoms with E-state index in [0.717, 1.165) is 58.7 Å². The fourth-order valence-corrected chi connectivity index (χ4v) is 3.28. The standard InChI is InChI=1S/C18H26F2N4O/c19-14-3-1-4-15(20)16(14)18(5-6-18)13-23-17(21)22-7-2-8-24-9-11-25-12-10-24/h1,3-4H,2,5-13H2,(H3,21,22,23). The van der Waals surface area contributed by atoms with Crippen molar-refractivity contribution in [2.24, 2.45) is 10.7 Å². The third-order valence-corrected chi connectivity index (χ3v) is 4.96. The van der Waals surface area contributed by atoms with Crippen LogP contribution in [0.5, 0.6) is 0 Å². The maximum absolute atomic E-state index is 14.0. The van der Waals surface area contributed by atoms with Gasteiger partial charge in [-0.1, -0.05) is 6.07 Å². The monoisotopic (exact) mass is 352 g/mol. The lowest BCUT2D eigenvalue weighted by Gasteiger charge is -2.26. The fraction of sp³-hybridized carbons (Fsp3) is 0.611. The van der Waals surface area contributed by atoms with Gasteiger partial charge in [0.05, 0.1) is 19.8 Å². The Hall–Kier alpha value is -1.73. The molecule has 3 N–H and O–H groups in total. The van der Waals surface area contributed by atoms with E-state index in [2.05, 4.69) is 15.2 Å². The van der Waals surface area contributed by atoms with E-state index < -0.39 is 17.0 Å². The molecule has 1 aliphatic heterocycles. The number of hydrogen-bond donors (Lipinski definition) is 2. The first kappa shape index (κ1) is 18.1. The summed E-state index contributed by atoms with van der Waals surface area (Å²) in [5.41, 5.74) is 5.52. The maximum atomic E-state index is 14.0. The molecule has 138 valence electrons. The number of hydrogen-bond acceptors (Lipinski definition) is 3. The molecule has 0 radical (unpaired) electrons. The first-order valence-corrected chi connectivity index (χ1v) is 8.89. The van der Waals surface area contributed by atoms with Crippen LogP contribution in [-0.2, 0) is 10.2 Å². The van der Waals surface area contributed by atoms with Gasteiger partial charge in [-0.25, -0.2) is 8.78 Å². The van der Waals surface area contributed by atoms with Crippen LogP contribution in [0.4, 0.5) is 8.78 Å². The number of nitrogens with zero attached hydrogens (tertiary/aromatic N) is 2. The molecule has 5 nitrogen and oxygen atoms in total. The van der Waals surface area contributed by atoms with Gasteiger partial charge in [-0.05, 0) is 37.9 Å². The Morgan fingerprint density at radius 1 is 1.24 bits per heavy atom. The third kappa shape index (κ3) is 4.67. The minimum absolute atomic E-state index is 0.152. The second kappa shape index (κ2) is 8.10. The van der Waals surface area contributed by atoms with Gasteiger partial charge < -0.3 is 15.8 Å². The first-order valence-electron chi connectivity index (χ1n) is 8.89. The van der Waals surface area contributed by atoms with Gasteiger partial charge in [0.25, 0.3) is 0 Å². The lowest BCUT2D eigenvalue weighted by atomic mass is 9.95. The number of aliphatic imine (C=N–C) groups is 1. The lowest BCUT2D eigenvalue weighted by Crippen LogP contribution is -2.39. The average molecular weight is 352 g/mol. The minimum Gasteiger partial charge on any atom is -0.379 e. The zero-order chi connectivity index (χ0) is 17.7. The van der Waals surface area contributed by atoms with Crippen molar-refractivity contribution in [3.8, 4) is 0 Å². The normalized spacial score (nSPS) is 20.5. The minimum atomic E-state index is -0.532. The first-order chi connectivity index (χ1) is 12.1. The summed E-state index contributed by atoms with van der Waals surface area (Å²) < 4.78 is 33.3. The number of nitrogens with two attached hydrogens (primary N) is 1. The van der Waals surface area contributed by atoms with E-state index in [9.17, 15) is 8.78 Å². The molecule has 0 aromatic heterocycles. The van der Waals surface area contributed by atoms with Crippen molar-refractivity contribution in [1.29, 1.82) is 0 Å². The van der Waals surface area contributed by atoms with Gasteiger partial charge in [-0.2, -0.15) is 0 Å². The molecule has 1 saturated heterocycles. The van der Waals surface area contributed by atoms with E-state index in [0.29, 0.717) is 12.5 Å². The van der Waals surface area contributed by atoms with Gasteiger partial charge in [-0.3, -0.25) is 9.89 Å². The topological polar surface area (TPSA) is 62.9 Å². The van der Waals surface area contributed by atoms with Crippen LogP contribution in [0.3, 0.4) is 0 Å². The van der Waals surface area contributed by atoms with Crippen LogP contribution in [0.15, 0.2) is 23.2 Å². The molecular weight excluding hydrogens is 326 g/mol. The Morgan fingerprint density at radius 2 is 1.92 bits per heavy atom. The number of ether oxygens (including phenoxy) is 1. The van der Waals surface area contributed by atoms with E-state index in [1.165, 1.54) is 18.2 Å². The molecule has 3 rings (SSSR count). The highest BCUT2D eigenvalue weighted by Gasteiger charge is 2.47. The molecule has 0 unspecified atom stereocenters. The molecule has 0 atom stereocenters. The number of nitrogens with one attached hydrogen (secondary N) is 1. The molecular formula is C18H26F2N4O. The van der Waals surface area contributed by atoms with Gasteiger partial charge in [0.15, 0.2) is 5.96 Å². The summed E-state index contributed by atoms with van der Waals surface area (Å²) in [4.78, 5) is 6.68. The third-order valence-electron chi connectivity index (χ3n) is 4.96. The predicted octanol–water partition coefficient (Wildman–Crippen LogP) is 1.62. The average Bonchev–Trinajstić information content (AvgIpc) is 3.38. The van der Waals surface area contributed by atoms with Crippen molar-refractivity contribution in [1.82, 2.24) is 10.2 Å². The summed E-state index contributed by atoms with van der Waals surface area (Å²) in [6, 6.07) is 3.99. The van der Waals surface area contributed by atoms with Gasteiger partial charge in [0.1, 0.15) is 11.6 Å². The second-order valence-electron chi connectivity index (χ2n) is 6.81. The molecule has 0 spiro atoms. The van der Waals surface area contributed by atoms with E-state index in [1.807, 2.05) is 0 Å². The SMILES string of the molecule is NC(=NCC1(c2c(F)cccc2F)CC1)NCCCN1CCOCC1. The molecule has 1 saturated carbocycles. The van der Waals surface area contributed by atoms with E-state index in [-0.39, 0.29) is 5.56 Å². The van der Waals surface area contributed by atoms with Gasteiger partial charge in [0, 0.05) is 30.6 Å². The largest absolute Gasteiger partial charge is 0.379 e. The van der Waals surface area contributed by atoms with Gasteiger partial charge in [0.2, 0.25) is 0 Å². The van der Waals surface area contributed by atoms with Crippen molar-refractivity contribution >= 4 is 5.96 Å². The van der Waals surface area contributed by atoms with Crippen LogP contribution in [-0.4, -0.2) is 56.8 Å². The summed E-state index contributed by atoms with van der Waals surface area (Å²) in [7, 11) is 0. The number of rotatable bonds is 7. The second-order valence-corrected chi connectivity index (χ2v) is 6.81. The molecule has 7 heteroatoms. The number of halogens is 2. The zero-order valence-corrected chi connectivity index (χ0v) is 14.4. The van der Waals surface area contributed by atoms with Crippen molar-refractivity contribution < 1.29 is 13.5 Å². The van der Waals surface area contributed by atoms with E-state index in [1.54, 1.807) is 0 Å². The maximum Gasteiger partial charge on any atom is 0.188 e. The molecule has 2 aliphatic rings. The van der Waals surface area contributed by atoms with Gasteiger partial charge in [-0.15, -0.1) is 0 Å². The summed E-state index contributed by atoms with van der Waals surface area (Å²) in [5.74, 6) is -0.653. The van der Waals surface area contributed by atoms with Crippen LogP contribution < -0.4 is 11.1 Å². The molecule has 1 aliphatic carbocycles. The van der Waals surface area contributed by atoms with Crippen LogP contribution in [0.1, 0.15) is 24.8 Å². The van der Waals surface area contributed by atoms with Crippen LogP contribution in [0, 0.1) is 11.6 Å². The summed E-state index contributed by atoms with van der Waals surface area (Å²) in [6.07, 6.45) is 2.43. The Kier molecular flexibility index (Phi) is 5.86. The van der Waals surface area contributed by atoms with Crippen molar-refractivity contribution in [3.05, 3.63) is 35.4 Å². The van der Waals surface area contributed by atoms with Crippen LogP contribution in [0.25, 0.3) is 0 Å². The molecule has 2 fully saturated rings. The predicted molar refractivity (Wildman–Crippen MR) is 93.6 cm³/mol. The Balaban J connectivity index is 1.45. The van der Waals surface area contributed by atoms with Gasteiger partial charge >= 0.3 is 0 Å². The van der Waals surface area contributed by atoms with Crippen LogP contribution >= 0.6 is 0 Å². The molecule has 25 heavy (non-hydrogen) atoms. The molecule has 1 aromatic rings.